The van der Waals surface area contributed by atoms with Crippen LogP contribution < -0.4 is 22.1 Å². The highest BCUT2D eigenvalue weighted by Gasteiger charge is 2.07. The van der Waals surface area contributed by atoms with E-state index in [2.05, 4.69) is 15.6 Å². The van der Waals surface area contributed by atoms with Gasteiger partial charge in [0.25, 0.3) is 5.91 Å². The lowest BCUT2D eigenvalue weighted by molar-refractivity contribution is 0.100. The van der Waals surface area contributed by atoms with Crippen molar-refractivity contribution in [3.05, 3.63) is 42.1 Å². The largest absolute Gasteiger partial charge is 0.372 e. The van der Waals surface area contributed by atoms with Gasteiger partial charge >= 0.3 is 6.03 Å². The Labute approximate surface area is 110 Å². The average Bonchev–Trinajstić information content (AvgIpc) is 2.41. The fourth-order valence-corrected chi connectivity index (χ4v) is 1.27. The Morgan fingerprint density at radius 1 is 1.26 bits per heavy atom. The first kappa shape index (κ1) is 14.2. The summed E-state index contributed by atoms with van der Waals surface area (Å²) >= 11 is 0. The second-order valence-corrected chi connectivity index (χ2v) is 3.45. The topological polar surface area (TPSA) is 123 Å². The molecular formula is C12H15N5O2. The van der Waals surface area contributed by atoms with E-state index in [4.69, 9.17) is 11.5 Å². The summed E-state index contributed by atoms with van der Waals surface area (Å²) < 4.78 is 0. The van der Waals surface area contributed by atoms with E-state index < -0.39 is 11.9 Å². The number of para-hydroxylation sites is 1. The van der Waals surface area contributed by atoms with Crippen LogP contribution in [0.3, 0.4) is 0 Å². The van der Waals surface area contributed by atoms with Crippen LogP contribution in [0.2, 0.25) is 0 Å². The SMILES string of the molecule is C1=CNCN=C1.NC(=O)Nc1ccccc1C(N)=O. The van der Waals surface area contributed by atoms with Gasteiger partial charge in [-0.15, -0.1) is 0 Å². The molecule has 0 atom stereocenters. The molecule has 2 rings (SSSR count). The molecule has 0 bridgehead atoms. The van der Waals surface area contributed by atoms with Crippen molar-refractivity contribution in [2.45, 2.75) is 0 Å². The summed E-state index contributed by atoms with van der Waals surface area (Å²) in [4.78, 5) is 25.2. The molecule has 7 heteroatoms. The van der Waals surface area contributed by atoms with Crippen molar-refractivity contribution in [1.29, 1.82) is 0 Å². The van der Waals surface area contributed by atoms with Gasteiger partial charge < -0.3 is 22.1 Å². The molecule has 0 unspecified atom stereocenters. The van der Waals surface area contributed by atoms with Gasteiger partial charge in [-0.1, -0.05) is 12.1 Å². The number of aliphatic imine (C=N–C) groups is 1. The summed E-state index contributed by atoms with van der Waals surface area (Å²) in [5.74, 6) is -0.607. The summed E-state index contributed by atoms with van der Waals surface area (Å²) in [6.45, 7) is 0.733. The number of carbonyl (C=O) groups excluding carboxylic acids is 2. The maximum atomic E-state index is 10.8. The third-order valence-corrected chi connectivity index (χ3v) is 2.04. The highest BCUT2D eigenvalue weighted by atomic mass is 16.2. The maximum Gasteiger partial charge on any atom is 0.316 e. The van der Waals surface area contributed by atoms with Gasteiger partial charge in [0, 0.05) is 6.21 Å². The smallest absolute Gasteiger partial charge is 0.316 e. The molecule has 7 nitrogen and oxygen atoms in total. The van der Waals surface area contributed by atoms with Crippen molar-refractivity contribution in [1.82, 2.24) is 5.32 Å². The molecule has 1 heterocycles. The maximum absolute atomic E-state index is 10.8. The van der Waals surface area contributed by atoms with E-state index in [1.54, 1.807) is 24.4 Å². The number of nitrogens with two attached hydrogens (primary N) is 2. The number of benzene rings is 1. The lowest BCUT2D eigenvalue weighted by Crippen LogP contribution is -2.22. The second kappa shape index (κ2) is 7.49. The van der Waals surface area contributed by atoms with Crippen molar-refractivity contribution >= 4 is 23.8 Å². The van der Waals surface area contributed by atoms with E-state index in [0.29, 0.717) is 5.69 Å². The molecule has 3 amide bonds. The molecule has 0 spiro atoms. The average molecular weight is 261 g/mol. The number of urea groups is 1. The normalized spacial score (nSPS) is 11.8. The molecule has 0 saturated carbocycles. The summed E-state index contributed by atoms with van der Waals surface area (Å²) in [6, 6.07) is 5.64. The van der Waals surface area contributed by atoms with Crippen LogP contribution in [-0.2, 0) is 0 Å². The summed E-state index contributed by atoms with van der Waals surface area (Å²) in [5, 5.41) is 5.20. The van der Waals surface area contributed by atoms with Crippen molar-refractivity contribution in [3.63, 3.8) is 0 Å². The molecular weight excluding hydrogens is 246 g/mol. The molecule has 100 valence electrons. The van der Waals surface area contributed by atoms with Crippen LogP contribution in [-0.4, -0.2) is 24.8 Å². The van der Waals surface area contributed by atoms with Crippen molar-refractivity contribution in [3.8, 4) is 0 Å². The number of nitrogens with zero attached hydrogens (tertiary/aromatic N) is 1. The first-order chi connectivity index (χ1) is 9.11. The summed E-state index contributed by atoms with van der Waals surface area (Å²) in [6.07, 6.45) is 5.51. The Bertz CT molecular complexity index is 499. The number of rotatable bonds is 2. The highest BCUT2D eigenvalue weighted by molar-refractivity contribution is 6.02. The van der Waals surface area contributed by atoms with Gasteiger partial charge in [0.2, 0.25) is 0 Å². The molecule has 1 aromatic carbocycles. The summed E-state index contributed by atoms with van der Waals surface area (Å²) in [7, 11) is 0. The highest BCUT2D eigenvalue weighted by Crippen LogP contribution is 2.13. The minimum atomic E-state index is -0.728. The van der Waals surface area contributed by atoms with Gasteiger partial charge in [0.05, 0.1) is 11.3 Å². The molecule has 0 radical (unpaired) electrons. The summed E-state index contributed by atoms with van der Waals surface area (Å²) in [5.41, 5.74) is 10.5. The molecule has 1 aliphatic heterocycles. The zero-order valence-electron chi connectivity index (χ0n) is 10.2. The van der Waals surface area contributed by atoms with Crippen LogP contribution >= 0.6 is 0 Å². The number of nitrogens with one attached hydrogen (secondary N) is 2. The number of allylic oxidation sites excluding steroid dienone is 1. The van der Waals surface area contributed by atoms with Gasteiger partial charge in [-0.05, 0) is 24.4 Å². The Kier molecular flexibility index (Phi) is 5.61. The molecule has 6 N–H and O–H groups in total. The minimum absolute atomic E-state index is 0.237. The number of amides is 3. The van der Waals surface area contributed by atoms with Crippen molar-refractivity contribution < 1.29 is 9.59 Å². The second-order valence-electron chi connectivity index (χ2n) is 3.45. The van der Waals surface area contributed by atoms with E-state index in [9.17, 15) is 9.59 Å². The minimum Gasteiger partial charge on any atom is -0.372 e. The number of carbonyl (C=O) groups is 2. The van der Waals surface area contributed by atoms with Gasteiger partial charge in [-0.25, -0.2) is 4.79 Å². The molecule has 0 aromatic heterocycles. The Hall–Kier alpha value is -2.83. The predicted molar refractivity (Wildman–Crippen MR) is 73.8 cm³/mol. The number of hydrogen-bond donors (Lipinski definition) is 4. The molecule has 0 fully saturated rings. The fraction of sp³-hybridized carbons (Fsp3) is 0.0833. The van der Waals surface area contributed by atoms with E-state index in [1.807, 2.05) is 12.3 Å². The Morgan fingerprint density at radius 3 is 2.42 bits per heavy atom. The Balaban J connectivity index is 0.000000250. The molecule has 1 aromatic rings. The molecule has 1 aliphatic rings. The van der Waals surface area contributed by atoms with Crippen molar-refractivity contribution in [2.75, 3.05) is 12.0 Å². The van der Waals surface area contributed by atoms with Gasteiger partial charge in [-0.2, -0.15) is 0 Å². The lowest BCUT2D eigenvalue weighted by Gasteiger charge is -2.05. The van der Waals surface area contributed by atoms with E-state index in [0.717, 1.165) is 6.67 Å². The molecule has 19 heavy (non-hydrogen) atoms. The monoisotopic (exact) mass is 261 g/mol. The molecule has 0 aliphatic carbocycles. The predicted octanol–water partition coefficient (Wildman–Crippen LogP) is 0.408. The quantitative estimate of drug-likeness (QED) is 0.616. The number of anilines is 1. The van der Waals surface area contributed by atoms with Crippen LogP contribution in [0, 0.1) is 0 Å². The third kappa shape index (κ3) is 5.35. The van der Waals surface area contributed by atoms with E-state index in [1.165, 1.54) is 6.07 Å². The van der Waals surface area contributed by atoms with E-state index >= 15 is 0 Å². The molecule has 0 saturated heterocycles. The van der Waals surface area contributed by atoms with Crippen molar-refractivity contribution in [2.24, 2.45) is 16.5 Å². The van der Waals surface area contributed by atoms with E-state index in [-0.39, 0.29) is 5.56 Å². The van der Waals surface area contributed by atoms with Crippen LogP contribution in [0.25, 0.3) is 0 Å². The third-order valence-electron chi connectivity index (χ3n) is 2.04. The van der Waals surface area contributed by atoms with Gasteiger partial charge in [-0.3, -0.25) is 9.79 Å². The lowest BCUT2D eigenvalue weighted by atomic mass is 10.1. The zero-order chi connectivity index (χ0) is 14.1. The van der Waals surface area contributed by atoms with Crippen LogP contribution in [0.5, 0.6) is 0 Å². The van der Waals surface area contributed by atoms with Gasteiger partial charge in [0.1, 0.15) is 6.67 Å². The zero-order valence-corrected chi connectivity index (χ0v) is 10.2. The van der Waals surface area contributed by atoms with Gasteiger partial charge in [0.15, 0.2) is 0 Å². The number of primary amides is 2. The van der Waals surface area contributed by atoms with Crippen LogP contribution in [0.4, 0.5) is 10.5 Å². The first-order valence-electron chi connectivity index (χ1n) is 5.45. The fourth-order valence-electron chi connectivity index (χ4n) is 1.27. The van der Waals surface area contributed by atoms with Crippen LogP contribution in [0.1, 0.15) is 10.4 Å². The Morgan fingerprint density at radius 2 is 2.00 bits per heavy atom. The number of hydrogen-bond acceptors (Lipinski definition) is 4. The first-order valence-corrected chi connectivity index (χ1v) is 5.45. The standard InChI is InChI=1S/C8H9N3O2.C4H6N2/c9-7(12)5-3-1-2-4-6(5)11-8(10)13;1-2-5-4-6-3-1/h1-4H,(H2,9,12)(H3,10,11,13);1-3,5H,4H2. The van der Waals surface area contributed by atoms with Crippen LogP contribution in [0.15, 0.2) is 41.5 Å².